The molecule has 1 aliphatic heterocycles. The molecule has 0 saturated carbocycles. The van der Waals surface area contributed by atoms with E-state index < -0.39 is 0 Å². The van der Waals surface area contributed by atoms with Gasteiger partial charge in [-0.1, -0.05) is 43.3 Å². The van der Waals surface area contributed by atoms with Crippen LogP contribution in [0.3, 0.4) is 0 Å². The fourth-order valence-corrected chi connectivity index (χ4v) is 4.26. The van der Waals surface area contributed by atoms with Crippen LogP contribution in [0.1, 0.15) is 35.7 Å². The van der Waals surface area contributed by atoms with Crippen LogP contribution in [-0.2, 0) is 6.42 Å². The number of Topliss-reactive ketones (excluding diaryl/α,β-unsaturated/α-hetero) is 1. The Hall–Kier alpha value is -3.34. The minimum Gasteiger partial charge on any atom is -0.497 e. The lowest BCUT2D eigenvalue weighted by Crippen LogP contribution is -2.44. The lowest BCUT2D eigenvalue weighted by Gasteiger charge is -2.32. The van der Waals surface area contributed by atoms with E-state index in [1.54, 1.807) is 12.0 Å². The van der Waals surface area contributed by atoms with Gasteiger partial charge in [0.25, 0.3) is 0 Å². The number of nitrogens with one attached hydrogen (secondary N) is 1. The number of hydrogen-bond acceptors (Lipinski definition) is 3. The molecule has 5 nitrogen and oxygen atoms in total. The predicted octanol–water partition coefficient (Wildman–Crippen LogP) is 5.54. The van der Waals surface area contributed by atoms with E-state index in [2.05, 4.69) is 12.2 Å². The van der Waals surface area contributed by atoms with Crippen molar-refractivity contribution in [3.8, 4) is 5.75 Å². The number of ketones is 1. The maximum atomic E-state index is 13.2. The molecule has 0 spiro atoms. The van der Waals surface area contributed by atoms with Crippen molar-refractivity contribution in [1.29, 1.82) is 0 Å². The topological polar surface area (TPSA) is 58.6 Å². The lowest BCUT2D eigenvalue weighted by molar-refractivity contribution is 0.0851. The van der Waals surface area contributed by atoms with E-state index in [9.17, 15) is 9.59 Å². The third kappa shape index (κ3) is 4.55. The number of amides is 2. The zero-order valence-corrected chi connectivity index (χ0v) is 18.1. The highest BCUT2D eigenvalue weighted by Gasteiger charge is 2.29. The van der Waals surface area contributed by atoms with E-state index >= 15 is 0 Å². The van der Waals surface area contributed by atoms with E-state index in [4.69, 9.17) is 4.74 Å². The van der Waals surface area contributed by atoms with Gasteiger partial charge >= 0.3 is 6.03 Å². The van der Waals surface area contributed by atoms with Crippen LogP contribution in [0.15, 0.2) is 60.7 Å². The number of urea groups is 1. The maximum absolute atomic E-state index is 13.2. The van der Waals surface area contributed by atoms with Gasteiger partial charge in [-0.25, -0.2) is 4.79 Å². The van der Waals surface area contributed by atoms with Gasteiger partial charge in [-0.2, -0.15) is 0 Å². The first kappa shape index (κ1) is 20.9. The molecule has 1 atom stereocenters. The molecular formula is C26H28N2O3. The Morgan fingerprint density at radius 1 is 1.06 bits per heavy atom. The lowest BCUT2D eigenvalue weighted by atomic mass is 9.89. The summed E-state index contributed by atoms with van der Waals surface area (Å²) in [6.07, 6.45) is 2.48. The molecule has 1 heterocycles. The molecule has 2 amide bonds. The minimum atomic E-state index is -0.184. The van der Waals surface area contributed by atoms with Crippen LogP contribution in [0, 0.1) is 5.92 Å². The summed E-state index contributed by atoms with van der Waals surface area (Å²) in [5, 5.41) is 5.07. The molecule has 1 fully saturated rings. The van der Waals surface area contributed by atoms with Gasteiger partial charge in [0, 0.05) is 30.3 Å². The molecule has 5 heteroatoms. The van der Waals surface area contributed by atoms with Crippen molar-refractivity contribution in [1.82, 2.24) is 4.90 Å². The first-order valence-electron chi connectivity index (χ1n) is 10.8. The predicted molar refractivity (Wildman–Crippen MR) is 124 cm³/mol. The van der Waals surface area contributed by atoms with Gasteiger partial charge in [0.1, 0.15) is 5.75 Å². The number of fused-ring (bicyclic) bond motifs is 1. The number of rotatable bonds is 5. The van der Waals surface area contributed by atoms with Crippen LogP contribution in [0.25, 0.3) is 10.8 Å². The second kappa shape index (κ2) is 9.21. The number of ether oxygens (including phenoxy) is 1. The molecule has 0 aromatic heterocycles. The molecule has 1 saturated heterocycles. The number of hydrogen-bond donors (Lipinski definition) is 1. The quantitative estimate of drug-likeness (QED) is 0.556. The number of para-hydroxylation sites is 1. The standard InChI is InChI=1S/C26H28N2O3/c1-3-18-7-4-5-9-24(18)27-26(30)28-14-6-8-22(17-28)25(29)21-11-10-20-16-23(31-2)13-12-19(20)15-21/h4-5,7,9-13,15-16,22H,3,6,8,14,17H2,1-2H3,(H,27,30)/t22-/m1/s1. The molecule has 4 rings (SSSR count). The van der Waals surface area contributed by atoms with Crippen molar-refractivity contribution in [2.24, 2.45) is 5.92 Å². The smallest absolute Gasteiger partial charge is 0.321 e. The molecule has 0 radical (unpaired) electrons. The number of methoxy groups -OCH3 is 1. The van der Waals surface area contributed by atoms with Gasteiger partial charge in [0.15, 0.2) is 5.78 Å². The highest BCUT2D eigenvalue weighted by atomic mass is 16.5. The molecule has 31 heavy (non-hydrogen) atoms. The molecule has 3 aromatic carbocycles. The second-order valence-electron chi connectivity index (χ2n) is 8.02. The fraction of sp³-hybridized carbons (Fsp3) is 0.308. The third-order valence-corrected chi connectivity index (χ3v) is 6.05. The second-order valence-corrected chi connectivity index (χ2v) is 8.02. The van der Waals surface area contributed by atoms with Gasteiger partial charge in [-0.15, -0.1) is 0 Å². The highest BCUT2D eigenvalue weighted by molar-refractivity contribution is 6.02. The summed E-state index contributed by atoms with van der Waals surface area (Å²) in [4.78, 5) is 27.8. The summed E-state index contributed by atoms with van der Waals surface area (Å²) in [7, 11) is 1.64. The number of aryl methyl sites for hydroxylation is 1. The average Bonchev–Trinajstić information content (AvgIpc) is 2.83. The Morgan fingerprint density at radius 3 is 2.65 bits per heavy atom. The van der Waals surface area contributed by atoms with E-state index in [0.717, 1.165) is 47.0 Å². The molecule has 160 valence electrons. The molecular weight excluding hydrogens is 388 g/mol. The van der Waals surface area contributed by atoms with E-state index in [0.29, 0.717) is 18.7 Å². The Labute approximate surface area is 183 Å². The third-order valence-electron chi connectivity index (χ3n) is 6.05. The van der Waals surface area contributed by atoms with E-state index in [1.807, 2.05) is 60.7 Å². The van der Waals surface area contributed by atoms with Gasteiger partial charge in [-0.05, 0) is 59.9 Å². The van der Waals surface area contributed by atoms with Crippen molar-refractivity contribution in [3.63, 3.8) is 0 Å². The van der Waals surface area contributed by atoms with Gasteiger partial charge in [0.2, 0.25) is 0 Å². The van der Waals surface area contributed by atoms with Crippen LogP contribution in [0.5, 0.6) is 5.75 Å². The Balaban J connectivity index is 1.47. The summed E-state index contributed by atoms with van der Waals surface area (Å²) in [6, 6.07) is 19.3. The maximum Gasteiger partial charge on any atom is 0.321 e. The summed E-state index contributed by atoms with van der Waals surface area (Å²) < 4.78 is 5.28. The number of nitrogens with zero attached hydrogens (tertiary/aromatic N) is 1. The van der Waals surface area contributed by atoms with Crippen molar-refractivity contribution in [2.45, 2.75) is 26.2 Å². The first-order chi connectivity index (χ1) is 15.1. The number of piperidine rings is 1. The number of carbonyl (C=O) groups is 2. The molecule has 3 aromatic rings. The Kier molecular flexibility index (Phi) is 6.21. The number of anilines is 1. The van der Waals surface area contributed by atoms with E-state index in [-0.39, 0.29) is 17.7 Å². The first-order valence-corrected chi connectivity index (χ1v) is 10.8. The van der Waals surface area contributed by atoms with Crippen molar-refractivity contribution < 1.29 is 14.3 Å². The summed E-state index contributed by atoms with van der Waals surface area (Å²) in [5.74, 6) is 0.714. The SMILES string of the molecule is CCc1ccccc1NC(=O)N1CCC[C@@H](C(=O)c2ccc3cc(OC)ccc3c2)C1. The summed E-state index contributed by atoms with van der Waals surface area (Å²) in [6.45, 7) is 3.18. The zero-order chi connectivity index (χ0) is 21.8. The van der Waals surface area contributed by atoms with Crippen molar-refractivity contribution in [3.05, 3.63) is 71.8 Å². The van der Waals surface area contributed by atoms with Crippen LogP contribution in [-0.4, -0.2) is 36.9 Å². The van der Waals surface area contributed by atoms with Crippen LogP contribution in [0.2, 0.25) is 0 Å². The van der Waals surface area contributed by atoms with Crippen LogP contribution in [0.4, 0.5) is 10.5 Å². The molecule has 0 aliphatic carbocycles. The van der Waals surface area contributed by atoms with Crippen molar-refractivity contribution >= 4 is 28.3 Å². The van der Waals surface area contributed by atoms with Gasteiger partial charge in [0.05, 0.1) is 7.11 Å². The normalized spacial score (nSPS) is 16.2. The van der Waals surface area contributed by atoms with Crippen LogP contribution >= 0.6 is 0 Å². The van der Waals surface area contributed by atoms with Crippen LogP contribution < -0.4 is 10.1 Å². The van der Waals surface area contributed by atoms with Gasteiger partial charge in [-0.3, -0.25) is 4.79 Å². The highest BCUT2D eigenvalue weighted by Crippen LogP contribution is 2.26. The molecule has 1 aliphatic rings. The summed E-state index contributed by atoms with van der Waals surface area (Å²) >= 11 is 0. The zero-order valence-electron chi connectivity index (χ0n) is 18.1. The number of likely N-dealkylation sites (tertiary alicyclic amines) is 1. The van der Waals surface area contributed by atoms with E-state index in [1.165, 1.54) is 0 Å². The molecule has 0 unspecified atom stereocenters. The number of benzene rings is 3. The molecule has 0 bridgehead atoms. The Bertz CT molecular complexity index is 1110. The minimum absolute atomic E-state index is 0.101. The Morgan fingerprint density at radius 2 is 1.84 bits per heavy atom. The van der Waals surface area contributed by atoms with Crippen molar-refractivity contribution in [2.75, 3.05) is 25.5 Å². The monoisotopic (exact) mass is 416 g/mol. The number of carbonyl (C=O) groups excluding carboxylic acids is 2. The summed E-state index contributed by atoms with van der Waals surface area (Å²) in [5.41, 5.74) is 2.64. The van der Waals surface area contributed by atoms with Gasteiger partial charge < -0.3 is 15.0 Å². The fourth-order valence-electron chi connectivity index (χ4n) is 4.26. The largest absolute Gasteiger partial charge is 0.497 e. The average molecular weight is 417 g/mol. The molecule has 1 N–H and O–H groups in total.